The van der Waals surface area contributed by atoms with Crippen molar-refractivity contribution in [3.63, 3.8) is 0 Å². The molecule has 94 valence electrons. The maximum Gasteiger partial charge on any atom is 0.310 e. The predicted octanol–water partition coefficient (Wildman–Crippen LogP) is -0.985. The van der Waals surface area contributed by atoms with Crippen LogP contribution in [0.3, 0.4) is 0 Å². The third-order valence-electron chi connectivity index (χ3n) is 2.43. The van der Waals surface area contributed by atoms with E-state index in [1.807, 2.05) is 0 Å². The van der Waals surface area contributed by atoms with Crippen LogP contribution in [0.15, 0.2) is 0 Å². The monoisotopic (exact) mass is 234 g/mol. The first-order valence-electron chi connectivity index (χ1n) is 5.28. The van der Waals surface area contributed by atoms with Crippen molar-refractivity contribution in [2.75, 3.05) is 6.61 Å². The highest BCUT2D eigenvalue weighted by Gasteiger charge is 2.38. The summed E-state index contributed by atoms with van der Waals surface area (Å²) in [5.74, 6) is -0.731. The molecule has 0 aliphatic carbocycles. The van der Waals surface area contributed by atoms with Gasteiger partial charge >= 0.3 is 5.97 Å². The number of hydrogen-bond acceptors (Lipinski definition) is 6. The van der Waals surface area contributed by atoms with Gasteiger partial charge in [-0.2, -0.15) is 0 Å². The summed E-state index contributed by atoms with van der Waals surface area (Å²) < 4.78 is 10.1. The first-order valence-corrected chi connectivity index (χ1v) is 5.28. The van der Waals surface area contributed by atoms with Crippen LogP contribution in [0, 0.1) is 5.92 Å². The van der Waals surface area contributed by atoms with Crippen molar-refractivity contribution in [2.24, 2.45) is 5.92 Å². The molecule has 1 aliphatic heterocycles. The van der Waals surface area contributed by atoms with Gasteiger partial charge in [-0.25, -0.2) is 0 Å². The van der Waals surface area contributed by atoms with Crippen LogP contribution >= 0.6 is 0 Å². The summed E-state index contributed by atoms with van der Waals surface area (Å²) >= 11 is 0. The van der Waals surface area contributed by atoms with E-state index in [1.165, 1.54) is 0 Å². The molecule has 0 aromatic carbocycles. The molecular formula is C10H18O6. The highest BCUT2D eigenvalue weighted by Crippen LogP contribution is 2.21. The summed E-state index contributed by atoms with van der Waals surface area (Å²) in [7, 11) is 0. The van der Waals surface area contributed by atoms with Crippen LogP contribution in [-0.4, -0.2) is 52.5 Å². The topological polar surface area (TPSA) is 96.2 Å². The van der Waals surface area contributed by atoms with Crippen LogP contribution < -0.4 is 0 Å². The summed E-state index contributed by atoms with van der Waals surface area (Å²) in [5, 5.41) is 27.8. The third kappa shape index (κ3) is 3.15. The zero-order chi connectivity index (χ0) is 12.3. The molecule has 0 saturated carbocycles. The van der Waals surface area contributed by atoms with E-state index in [-0.39, 0.29) is 12.3 Å². The number of carbonyl (C=O) groups is 1. The van der Waals surface area contributed by atoms with Crippen molar-refractivity contribution in [3.8, 4) is 0 Å². The fourth-order valence-corrected chi connectivity index (χ4v) is 1.41. The van der Waals surface area contributed by atoms with Gasteiger partial charge in [0.05, 0.1) is 18.6 Å². The van der Waals surface area contributed by atoms with Crippen molar-refractivity contribution >= 4 is 5.97 Å². The number of aliphatic hydroxyl groups is 3. The first kappa shape index (κ1) is 13.4. The van der Waals surface area contributed by atoms with Crippen LogP contribution in [-0.2, 0) is 14.3 Å². The molecule has 0 bridgehead atoms. The molecule has 1 saturated heterocycles. The number of aliphatic hydroxyl groups excluding tert-OH is 3. The molecule has 3 N–H and O–H groups in total. The summed E-state index contributed by atoms with van der Waals surface area (Å²) in [5.41, 5.74) is 0. The van der Waals surface area contributed by atoms with Gasteiger partial charge in [0.2, 0.25) is 6.29 Å². The lowest BCUT2D eigenvalue weighted by Gasteiger charge is -2.35. The molecule has 0 amide bonds. The van der Waals surface area contributed by atoms with Crippen molar-refractivity contribution in [1.82, 2.24) is 0 Å². The normalized spacial score (nSPS) is 35.1. The molecule has 0 aromatic heterocycles. The lowest BCUT2D eigenvalue weighted by molar-refractivity contribution is -0.252. The van der Waals surface area contributed by atoms with Gasteiger partial charge in [-0.05, 0) is 0 Å². The lowest BCUT2D eigenvalue weighted by atomic mass is 10.0. The molecule has 1 fully saturated rings. The molecule has 0 radical (unpaired) electrons. The Hall–Kier alpha value is -0.690. The highest BCUT2D eigenvalue weighted by molar-refractivity contribution is 5.71. The maximum atomic E-state index is 11.3. The van der Waals surface area contributed by atoms with Gasteiger partial charge in [-0.15, -0.1) is 0 Å². The van der Waals surface area contributed by atoms with E-state index in [9.17, 15) is 15.0 Å². The summed E-state index contributed by atoms with van der Waals surface area (Å²) in [6.07, 6.45) is -4.04. The van der Waals surface area contributed by atoms with E-state index < -0.39 is 37.2 Å². The zero-order valence-electron chi connectivity index (χ0n) is 9.37. The Kier molecular flexibility index (Phi) is 4.67. The van der Waals surface area contributed by atoms with E-state index in [0.717, 1.165) is 0 Å². The average Bonchev–Trinajstić information content (AvgIpc) is 2.22. The molecule has 0 unspecified atom stereocenters. The molecule has 1 aliphatic rings. The number of hydrogen-bond donors (Lipinski definition) is 3. The fraction of sp³-hybridized carbons (Fsp3) is 0.900. The Balaban J connectivity index is 2.53. The van der Waals surface area contributed by atoms with Gasteiger partial charge < -0.3 is 24.8 Å². The van der Waals surface area contributed by atoms with Crippen molar-refractivity contribution in [1.29, 1.82) is 0 Å². The lowest BCUT2D eigenvalue weighted by Crippen LogP contribution is -2.51. The minimum absolute atomic E-state index is 0.0100. The minimum atomic E-state index is -1.15. The molecule has 1 rings (SSSR count). The van der Waals surface area contributed by atoms with Crippen molar-refractivity contribution in [2.45, 2.75) is 44.9 Å². The van der Waals surface area contributed by atoms with E-state index in [4.69, 9.17) is 14.6 Å². The predicted molar refractivity (Wildman–Crippen MR) is 53.3 cm³/mol. The van der Waals surface area contributed by atoms with E-state index >= 15 is 0 Å². The smallest absolute Gasteiger partial charge is 0.310 e. The quantitative estimate of drug-likeness (QED) is 0.543. The van der Waals surface area contributed by atoms with E-state index in [0.29, 0.717) is 0 Å². The van der Waals surface area contributed by atoms with Gasteiger partial charge in [0, 0.05) is 6.42 Å². The molecule has 16 heavy (non-hydrogen) atoms. The standard InChI is InChI=1S/C10H18O6/c1-5(2)10(14)16-8-3-6(12)9(13)7(4-11)15-8/h5-9,11-13H,3-4H2,1-2H3/t6-,7-,8-,9+/m1/s1. The molecule has 6 nitrogen and oxygen atoms in total. The average molecular weight is 234 g/mol. The fourth-order valence-electron chi connectivity index (χ4n) is 1.41. The minimum Gasteiger partial charge on any atom is -0.435 e. The Morgan fingerprint density at radius 2 is 2.12 bits per heavy atom. The second-order valence-corrected chi connectivity index (χ2v) is 4.17. The largest absolute Gasteiger partial charge is 0.435 e. The number of ether oxygens (including phenoxy) is 2. The number of esters is 1. The number of rotatable bonds is 3. The summed E-state index contributed by atoms with van der Waals surface area (Å²) in [6.45, 7) is 2.92. The van der Waals surface area contributed by atoms with Crippen LogP contribution in [0.4, 0.5) is 0 Å². The van der Waals surface area contributed by atoms with Gasteiger partial charge in [-0.3, -0.25) is 4.79 Å². The van der Waals surface area contributed by atoms with E-state index in [2.05, 4.69) is 0 Å². The number of carbonyl (C=O) groups excluding carboxylic acids is 1. The zero-order valence-corrected chi connectivity index (χ0v) is 9.37. The highest BCUT2D eigenvalue weighted by atomic mass is 16.7. The summed E-state index contributed by atoms with van der Waals surface area (Å²) in [6, 6.07) is 0. The van der Waals surface area contributed by atoms with E-state index in [1.54, 1.807) is 13.8 Å². The van der Waals surface area contributed by atoms with Gasteiger partial charge in [-0.1, -0.05) is 13.8 Å². The Morgan fingerprint density at radius 3 is 2.62 bits per heavy atom. The van der Waals surface area contributed by atoms with Crippen LogP contribution in [0.25, 0.3) is 0 Å². The second kappa shape index (κ2) is 5.58. The molecule has 4 atom stereocenters. The van der Waals surface area contributed by atoms with Crippen LogP contribution in [0.1, 0.15) is 20.3 Å². The Bertz CT molecular complexity index is 241. The second-order valence-electron chi connectivity index (χ2n) is 4.17. The van der Waals surface area contributed by atoms with Gasteiger partial charge in [0.15, 0.2) is 0 Å². The van der Waals surface area contributed by atoms with Crippen LogP contribution in [0.5, 0.6) is 0 Å². The SMILES string of the molecule is CC(C)C(=O)O[C@@H]1C[C@@H](O)[C@H](O)[C@@H](CO)O1. The Morgan fingerprint density at radius 1 is 1.50 bits per heavy atom. The Labute approximate surface area is 93.8 Å². The molecular weight excluding hydrogens is 216 g/mol. The summed E-state index contributed by atoms with van der Waals surface area (Å²) in [4.78, 5) is 11.3. The third-order valence-corrected chi connectivity index (χ3v) is 2.43. The van der Waals surface area contributed by atoms with Crippen molar-refractivity contribution < 1.29 is 29.6 Å². The molecule has 6 heteroatoms. The van der Waals surface area contributed by atoms with Crippen LogP contribution in [0.2, 0.25) is 0 Å². The molecule has 0 aromatic rings. The molecule has 0 spiro atoms. The van der Waals surface area contributed by atoms with Crippen molar-refractivity contribution in [3.05, 3.63) is 0 Å². The maximum absolute atomic E-state index is 11.3. The van der Waals surface area contributed by atoms with Gasteiger partial charge in [0.25, 0.3) is 0 Å². The van der Waals surface area contributed by atoms with Gasteiger partial charge in [0.1, 0.15) is 12.2 Å². The first-order chi connectivity index (χ1) is 7.45. The molecule has 1 heterocycles.